The summed E-state index contributed by atoms with van der Waals surface area (Å²) in [6.45, 7) is 10.5. The normalized spacial score (nSPS) is 27.7. The summed E-state index contributed by atoms with van der Waals surface area (Å²) in [5.41, 5.74) is 1.53. The van der Waals surface area contributed by atoms with E-state index in [0.29, 0.717) is 11.3 Å². The van der Waals surface area contributed by atoms with Crippen molar-refractivity contribution in [3.8, 4) is 0 Å². The molecule has 2 atom stereocenters. The molecule has 2 unspecified atom stereocenters. The molecule has 0 bridgehead atoms. The van der Waals surface area contributed by atoms with E-state index in [0.717, 1.165) is 19.3 Å². The predicted octanol–water partition coefficient (Wildman–Crippen LogP) is 3.31. The zero-order valence-electron chi connectivity index (χ0n) is 9.59. The smallest absolute Gasteiger partial charge is 0.0512 e. The van der Waals surface area contributed by atoms with Crippen LogP contribution in [0.1, 0.15) is 40.0 Å². The van der Waals surface area contributed by atoms with Crippen molar-refractivity contribution >= 4 is 0 Å². The topological polar surface area (TPSA) is 20.2 Å². The second-order valence-electron chi connectivity index (χ2n) is 5.15. The molecule has 0 fully saturated rings. The molecule has 0 saturated carbocycles. The number of hydrogen-bond donors (Lipinski definition) is 1. The van der Waals surface area contributed by atoms with Crippen molar-refractivity contribution in [2.75, 3.05) is 0 Å². The summed E-state index contributed by atoms with van der Waals surface area (Å²) in [7, 11) is 0. The van der Waals surface area contributed by atoms with Gasteiger partial charge in [-0.05, 0) is 37.5 Å². The average Bonchev–Trinajstić information content (AvgIpc) is 2.01. The third kappa shape index (κ3) is 2.71. The quantitative estimate of drug-likeness (QED) is 0.731. The molecule has 1 rings (SSSR count). The number of allylic oxidation sites excluding steroid dienone is 3. The first kappa shape index (κ1) is 11.5. The largest absolute Gasteiger partial charge is 0.393 e. The molecule has 0 aromatic carbocycles. The Kier molecular flexibility index (Phi) is 3.54. The van der Waals surface area contributed by atoms with E-state index in [1.165, 1.54) is 5.57 Å². The highest BCUT2D eigenvalue weighted by atomic mass is 16.3. The first-order chi connectivity index (χ1) is 6.43. The summed E-state index contributed by atoms with van der Waals surface area (Å²) in [6, 6.07) is 0. The Hall–Kier alpha value is -0.560. The van der Waals surface area contributed by atoms with Gasteiger partial charge in [0.1, 0.15) is 0 Å². The number of rotatable bonds is 3. The minimum atomic E-state index is -0.190. The van der Waals surface area contributed by atoms with Gasteiger partial charge in [0, 0.05) is 0 Å². The third-order valence-electron chi connectivity index (χ3n) is 3.24. The zero-order valence-corrected chi connectivity index (χ0v) is 9.59. The van der Waals surface area contributed by atoms with Crippen molar-refractivity contribution in [1.82, 2.24) is 0 Å². The first-order valence-electron chi connectivity index (χ1n) is 5.47. The molecule has 0 heterocycles. The van der Waals surface area contributed by atoms with Crippen molar-refractivity contribution in [3.05, 3.63) is 24.3 Å². The highest BCUT2D eigenvalue weighted by molar-refractivity contribution is 5.24. The van der Waals surface area contributed by atoms with Crippen molar-refractivity contribution < 1.29 is 5.11 Å². The maximum atomic E-state index is 9.29. The van der Waals surface area contributed by atoms with Gasteiger partial charge in [-0.25, -0.2) is 0 Å². The molecule has 0 radical (unpaired) electrons. The fraction of sp³-hybridized carbons (Fsp3) is 0.692. The lowest BCUT2D eigenvalue weighted by Gasteiger charge is -2.37. The Morgan fingerprint density at radius 2 is 2.29 bits per heavy atom. The standard InChI is InChI=1S/C13H22O/c1-10-6-5-9-13(3,4)12(10)8-7-11(2)14/h5-6,11-12,14H,1,7-9H2,2-4H3. The summed E-state index contributed by atoms with van der Waals surface area (Å²) in [5, 5.41) is 9.29. The SMILES string of the molecule is C=C1C=CCC(C)(C)C1CCC(C)O. The monoisotopic (exact) mass is 194 g/mol. The summed E-state index contributed by atoms with van der Waals surface area (Å²) < 4.78 is 0. The Morgan fingerprint density at radius 1 is 1.64 bits per heavy atom. The van der Waals surface area contributed by atoms with Crippen LogP contribution in [0.25, 0.3) is 0 Å². The molecule has 0 aliphatic heterocycles. The zero-order chi connectivity index (χ0) is 10.8. The number of aliphatic hydroxyl groups is 1. The molecule has 0 saturated heterocycles. The molecule has 0 spiro atoms. The van der Waals surface area contributed by atoms with Gasteiger partial charge in [-0.2, -0.15) is 0 Å². The summed E-state index contributed by atoms with van der Waals surface area (Å²) in [5.74, 6) is 0.530. The van der Waals surface area contributed by atoms with Gasteiger partial charge in [0.2, 0.25) is 0 Å². The van der Waals surface area contributed by atoms with Gasteiger partial charge in [-0.15, -0.1) is 0 Å². The second kappa shape index (κ2) is 4.31. The molecule has 0 aromatic rings. The van der Waals surface area contributed by atoms with Crippen LogP contribution in [-0.4, -0.2) is 11.2 Å². The molecule has 1 aliphatic rings. The van der Waals surface area contributed by atoms with Crippen molar-refractivity contribution in [1.29, 1.82) is 0 Å². The Morgan fingerprint density at radius 3 is 2.79 bits per heavy atom. The van der Waals surface area contributed by atoms with E-state index in [2.05, 4.69) is 32.6 Å². The molecule has 1 nitrogen and oxygen atoms in total. The maximum absolute atomic E-state index is 9.29. The van der Waals surface area contributed by atoms with E-state index in [-0.39, 0.29) is 6.10 Å². The third-order valence-corrected chi connectivity index (χ3v) is 3.24. The van der Waals surface area contributed by atoms with Gasteiger partial charge >= 0.3 is 0 Å². The Balaban J connectivity index is 2.63. The maximum Gasteiger partial charge on any atom is 0.0512 e. The Bertz CT molecular complexity index is 236. The highest BCUT2D eigenvalue weighted by Crippen LogP contribution is 2.42. The molecule has 1 N–H and O–H groups in total. The van der Waals surface area contributed by atoms with Gasteiger partial charge in [0.15, 0.2) is 0 Å². The van der Waals surface area contributed by atoms with Crippen LogP contribution in [0, 0.1) is 11.3 Å². The van der Waals surface area contributed by atoms with Crippen molar-refractivity contribution in [3.63, 3.8) is 0 Å². The van der Waals surface area contributed by atoms with Crippen LogP contribution in [0.4, 0.5) is 0 Å². The van der Waals surface area contributed by atoms with Crippen LogP contribution in [0.5, 0.6) is 0 Å². The van der Waals surface area contributed by atoms with Crippen molar-refractivity contribution in [2.45, 2.75) is 46.1 Å². The first-order valence-corrected chi connectivity index (χ1v) is 5.47. The summed E-state index contributed by atoms with van der Waals surface area (Å²) in [4.78, 5) is 0. The fourth-order valence-electron chi connectivity index (χ4n) is 2.26. The summed E-state index contributed by atoms with van der Waals surface area (Å²) >= 11 is 0. The molecule has 0 aromatic heterocycles. The van der Waals surface area contributed by atoms with E-state index in [4.69, 9.17) is 0 Å². The van der Waals surface area contributed by atoms with Gasteiger partial charge < -0.3 is 5.11 Å². The minimum absolute atomic E-state index is 0.190. The molecular formula is C13H22O. The lowest BCUT2D eigenvalue weighted by atomic mass is 9.68. The van der Waals surface area contributed by atoms with E-state index in [1.54, 1.807) is 0 Å². The molecule has 14 heavy (non-hydrogen) atoms. The van der Waals surface area contributed by atoms with E-state index in [9.17, 15) is 5.11 Å². The van der Waals surface area contributed by atoms with Gasteiger partial charge in [-0.1, -0.05) is 38.2 Å². The van der Waals surface area contributed by atoms with E-state index < -0.39 is 0 Å². The van der Waals surface area contributed by atoms with Gasteiger partial charge in [0.25, 0.3) is 0 Å². The molecular weight excluding hydrogens is 172 g/mol. The van der Waals surface area contributed by atoms with Crippen molar-refractivity contribution in [2.24, 2.45) is 11.3 Å². The van der Waals surface area contributed by atoms with Crippen LogP contribution in [0.15, 0.2) is 24.3 Å². The van der Waals surface area contributed by atoms with Gasteiger partial charge in [0.05, 0.1) is 6.10 Å². The number of aliphatic hydroxyl groups excluding tert-OH is 1. The average molecular weight is 194 g/mol. The van der Waals surface area contributed by atoms with Crippen LogP contribution >= 0.6 is 0 Å². The van der Waals surface area contributed by atoms with E-state index in [1.807, 2.05) is 6.92 Å². The van der Waals surface area contributed by atoms with Crippen LogP contribution in [0.2, 0.25) is 0 Å². The van der Waals surface area contributed by atoms with Crippen LogP contribution < -0.4 is 0 Å². The fourth-order valence-corrected chi connectivity index (χ4v) is 2.26. The van der Waals surface area contributed by atoms with Gasteiger partial charge in [-0.3, -0.25) is 0 Å². The molecule has 80 valence electrons. The predicted molar refractivity (Wildman–Crippen MR) is 61.1 cm³/mol. The summed E-state index contributed by atoms with van der Waals surface area (Å²) in [6.07, 6.45) is 7.20. The second-order valence-corrected chi connectivity index (χ2v) is 5.15. The van der Waals surface area contributed by atoms with E-state index >= 15 is 0 Å². The molecule has 1 aliphatic carbocycles. The lowest BCUT2D eigenvalue weighted by molar-refractivity contribution is 0.153. The number of hydrogen-bond acceptors (Lipinski definition) is 1. The van der Waals surface area contributed by atoms with Crippen LogP contribution in [0.3, 0.4) is 0 Å². The highest BCUT2D eigenvalue weighted by Gasteiger charge is 2.31. The molecule has 0 amide bonds. The van der Waals surface area contributed by atoms with Crippen LogP contribution in [-0.2, 0) is 0 Å². The molecule has 1 heteroatoms. The minimum Gasteiger partial charge on any atom is -0.393 e. The Labute approximate surface area is 87.5 Å². The lowest BCUT2D eigenvalue weighted by Crippen LogP contribution is -2.27.